The van der Waals surface area contributed by atoms with E-state index in [4.69, 9.17) is 14.2 Å². The average molecular weight is 968 g/mol. The van der Waals surface area contributed by atoms with Crippen LogP contribution < -0.4 is 0 Å². The molecule has 394 valence electrons. The minimum absolute atomic E-state index is 0.107. The summed E-state index contributed by atoms with van der Waals surface area (Å²) >= 11 is 0. The van der Waals surface area contributed by atoms with E-state index in [1.807, 2.05) is 24.3 Å². The minimum atomic E-state index is -0.811. The predicted octanol–water partition coefficient (Wildman–Crippen LogP) is 19.0. The Balaban J connectivity index is 4.54. The molecule has 0 aromatic heterocycles. The molecule has 0 bridgehead atoms. The number of allylic oxidation sites excluding steroid dienone is 22. The van der Waals surface area contributed by atoms with Crippen molar-refractivity contribution in [3.05, 3.63) is 134 Å². The lowest BCUT2D eigenvalue weighted by Gasteiger charge is -2.18. The number of rotatable bonds is 49. The van der Waals surface area contributed by atoms with Crippen LogP contribution in [0.2, 0.25) is 0 Å². The molecule has 1 unspecified atom stereocenters. The molecule has 0 aromatic rings. The van der Waals surface area contributed by atoms with Crippen LogP contribution in [0.5, 0.6) is 0 Å². The van der Waals surface area contributed by atoms with E-state index in [1.54, 1.807) is 0 Å². The molecule has 0 fully saturated rings. The first-order valence-electron chi connectivity index (χ1n) is 28.3. The number of carbonyl (C=O) groups excluding carboxylic acids is 3. The third-order valence-electron chi connectivity index (χ3n) is 11.5. The fourth-order valence-corrected chi connectivity index (χ4v) is 7.31. The normalized spacial score (nSPS) is 13.1. The molecule has 0 N–H and O–H groups in total. The Kier molecular flexibility index (Phi) is 53.5. The Labute approximate surface area is 430 Å². The maximum absolute atomic E-state index is 12.9. The van der Waals surface area contributed by atoms with E-state index < -0.39 is 6.10 Å². The molecule has 1 atom stereocenters. The van der Waals surface area contributed by atoms with Gasteiger partial charge in [-0.1, -0.05) is 251 Å². The first-order valence-corrected chi connectivity index (χ1v) is 28.3. The van der Waals surface area contributed by atoms with Crippen LogP contribution in [0.15, 0.2) is 134 Å². The van der Waals surface area contributed by atoms with Crippen molar-refractivity contribution >= 4 is 17.9 Å². The van der Waals surface area contributed by atoms with Crippen LogP contribution in [0, 0.1) is 0 Å². The van der Waals surface area contributed by atoms with Gasteiger partial charge in [0.2, 0.25) is 0 Å². The summed E-state index contributed by atoms with van der Waals surface area (Å²) in [6.07, 6.45) is 79.9. The van der Waals surface area contributed by atoms with E-state index in [9.17, 15) is 14.4 Å². The number of hydrogen-bond acceptors (Lipinski definition) is 6. The van der Waals surface area contributed by atoms with E-state index in [0.29, 0.717) is 19.3 Å². The fourth-order valence-electron chi connectivity index (χ4n) is 7.31. The number of esters is 3. The molecule has 0 aliphatic heterocycles. The summed E-state index contributed by atoms with van der Waals surface area (Å²) in [5, 5.41) is 0. The molecule has 0 aliphatic carbocycles. The zero-order chi connectivity index (χ0) is 50.7. The van der Waals surface area contributed by atoms with Gasteiger partial charge in [-0.2, -0.15) is 0 Å². The van der Waals surface area contributed by atoms with Crippen molar-refractivity contribution in [3.63, 3.8) is 0 Å². The molecule has 0 saturated heterocycles. The van der Waals surface area contributed by atoms with Gasteiger partial charge in [0.15, 0.2) is 6.10 Å². The number of unbranched alkanes of at least 4 members (excludes halogenated alkanes) is 22. The zero-order valence-electron chi connectivity index (χ0n) is 45.0. The Morgan fingerprint density at radius 3 is 1.06 bits per heavy atom. The molecule has 0 spiro atoms. The predicted molar refractivity (Wildman–Crippen MR) is 302 cm³/mol. The lowest BCUT2D eigenvalue weighted by molar-refractivity contribution is -0.167. The van der Waals surface area contributed by atoms with Crippen molar-refractivity contribution in [2.45, 2.75) is 239 Å². The Morgan fingerprint density at radius 2 is 0.643 bits per heavy atom. The highest BCUT2D eigenvalue weighted by Crippen LogP contribution is 2.13. The molecule has 0 radical (unpaired) electrons. The molecule has 0 heterocycles. The van der Waals surface area contributed by atoms with Crippen molar-refractivity contribution in [2.75, 3.05) is 13.2 Å². The van der Waals surface area contributed by atoms with Gasteiger partial charge < -0.3 is 14.2 Å². The lowest BCUT2D eigenvalue weighted by atomic mass is 10.1. The molecule has 6 nitrogen and oxygen atoms in total. The highest BCUT2D eigenvalue weighted by atomic mass is 16.6. The fraction of sp³-hybridized carbons (Fsp3) is 0.609. The summed E-state index contributed by atoms with van der Waals surface area (Å²) in [7, 11) is 0. The van der Waals surface area contributed by atoms with Gasteiger partial charge in [0, 0.05) is 19.3 Å². The summed E-state index contributed by atoms with van der Waals surface area (Å²) in [5.74, 6) is -0.968. The molecule has 0 aliphatic rings. The van der Waals surface area contributed by atoms with Crippen molar-refractivity contribution in [1.82, 2.24) is 0 Å². The average Bonchev–Trinajstić information content (AvgIpc) is 3.36. The van der Waals surface area contributed by atoms with Crippen molar-refractivity contribution in [2.24, 2.45) is 0 Å². The Hall–Kier alpha value is -4.45. The van der Waals surface area contributed by atoms with Crippen molar-refractivity contribution in [1.29, 1.82) is 0 Å². The number of hydrogen-bond donors (Lipinski definition) is 0. The topological polar surface area (TPSA) is 78.9 Å². The third-order valence-corrected chi connectivity index (χ3v) is 11.5. The SMILES string of the molecule is CC/C=C\C/C=C\C/C=C\CCCCCCCCC(=O)OCC(COC(=O)CCCCCCC\C=C/C=C\C=C/C=C\C=C/CCC)OC(=O)CCCCCCC\C=C/C=C\C=C/CCCCCCC. The highest BCUT2D eigenvalue weighted by molar-refractivity contribution is 5.71. The van der Waals surface area contributed by atoms with E-state index in [1.165, 1.54) is 51.4 Å². The van der Waals surface area contributed by atoms with Crippen LogP contribution in [0.1, 0.15) is 233 Å². The van der Waals surface area contributed by atoms with Crippen molar-refractivity contribution in [3.8, 4) is 0 Å². The second kappa shape index (κ2) is 57.1. The molecule has 0 aromatic carbocycles. The first kappa shape index (κ1) is 65.5. The summed E-state index contributed by atoms with van der Waals surface area (Å²) in [6, 6.07) is 0. The van der Waals surface area contributed by atoms with Crippen LogP contribution in [-0.2, 0) is 28.6 Å². The molecule has 70 heavy (non-hydrogen) atoms. The van der Waals surface area contributed by atoms with Crippen LogP contribution in [-0.4, -0.2) is 37.2 Å². The van der Waals surface area contributed by atoms with Gasteiger partial charge in [-0.25, -0.2) is 0 Å². The molecular formula is C64H102O6. The number of carbonyl (C=O) groups is 3. The largest absolute Gasteiger partial charge is 0.462 e. The van der Waals surface area contributed by atoms with Gasteiger partial charge in [0.1, 0.15) is 13.2 Å². The van der Waals surface area contributed by atoms with E-state index in [2.05, 4.69) is 130 Å². The van der Waals surface area contributed by atoms with Gasteiger partial charge in [-0.05, 0) is 96.3 Å². The summed E-state index contributed by atoms with van der Waals surface area (Å²) in [6.45, 7) is 6.37. The maximum atomic E-state index is 12.9. The van der Waals surface area contributed by atoms with E-state index in [-0.39, 0.29) is 31.1 Å². The van der Waals surface area contributed by atoms with E-state index in [0.717, 1.165) is 141 Å². The first-order chi connectivity index (χ1) is 34.5. The zero-order valence-corrected chi connectivity index (χ0v) is 45.0. The van der Waals surface area contributed by atoms with Gasteiger partial charge in [-0.3, -0.25) is 14.4 Å². The van der Waals surface area contributed by atoms with E-state index >= 15 is 0 Å². The summed E-state index contributed by atoms with van der Waals surface area (Å²) in [4.78, 5) is 38.2. The van der Waals surface area contributed by atoms with Crippen LogP contribution in [0.25, 0.3) is 0 Å². The molecular weight excluding hydrogens is 865 g/mol. The maximum Gasteiger partial charge on any atom is 0.306 e. The van der Waals surface area contributed by atoms with Gasteiger partial charge in [-0.15, -0.1) is 0 Å². The second-order valence-electron chi connectivity index (χ2n) is 18.3. The Bertz CT molecular complexity index is 1530. The summed E-state index contributed by atoms with van der Waals surface area (Å²) < 4.78 is 16.8. The van der Waals surface area contributed by atoms with Gasteiger partial charge >= 0.3 is 17.9 Å². The van der Waals surface area contributed by atoms with Crippen LogP contribution in [0.3, 0.4) is 0 Å². The quantitative estimate of drug-likeness (QED) is 0.0199. The minimum Gasteiger partial charge on any atom is -0.462 e. The lowest BCUT2D eigenvalue weighted by Crippen LogP contribution is -2.30. The van der Waals surface area contributed by atoms with Crippen molar-refractivity contribution < 1.29 is 28.6 Å². The van der Waals surface area contributed by atoms with Crippen LogP contribution >= 0.6 is 0 Å². The molecule has 6 heteroatoms. The molecule has 0 rings (SSSR count). The monoisotopic (exact) mass is 967 g/mol. The highest BCUT2D eigenvalue weighted by Gasteiger charge is 2.19. The smallest absolute Gasteiger partial charge is 0.306 e. The Morgan fingerprint density at radius 1 is 0.314 bits per heavy atom. The van der Waals surface area contributed by atoms with Gasteiger partial charge in [0.05, 0.1) is 0 Å². The second-order valence-corrected chi connectivity index (χ2v) is 18.3. The van der Waals surface area contributed by atoms with Gasteiger partial charge in [0.25, 0.3) is 0 Å². The molecule has 0 amide bonds. The molecule has 0 saturated carbocycles. The standard InChI is InChI=1S/C64H102O6/c1-4-7-10-13-16-19-22-25-28-31-33-36-39-42-45-48-51-54-57-63(66)69-60-61(59-68-62(65)56-53-50-47-44-41-38-35-30-27-24-21-18-15-12-9-6-3)70-64(67)58-55-52-49-46-43-40-37-34-32-29-26-23-20-17-14-11-8-5-2/h9-10,12-13,16,18-19,21-23,25-34,36-37,61H,4-8,11,14-15,17,20,24,35,38-60H2,1-3H3/b12-9-,13-10-,19-16-,21-18-,25-22-,26-23-,30-27-,31-28-,32-29-,36-33-,37-34-. The van der Waals surface area contributed by atoms with Crippen LogP contribution in [0.4, 0.5) is 0 Å². The third kappa shape index (κ3) is 54.5. The summed E-state index contributed by atoms with van der Waals surface area (Å²) in [5.41, 5.74) is 0. The number of ether oxygens (including phenoxy) is 3.